The number of aliphatic hydroxyl groups is 1. The van der Waals surface area contributed by atoms with Crippen LogP contribution in [-0.4, -0.2) is 27.3 Å². The molecule has 2 rings (SSSR count). The molecule has 0 aliphatic rings. The van der Waals surface area contributed by atoms with E-state index in [0.717, 1.165) is 5.56 Å². The second-order valence-corrected chi connectivity index (χ2v) is 3.57. The zero-order valence-electron chi connectivity index (χ0n) is 9.21. The monoisotopic (exact) mass is 231 g/mol. The third-order valence-electron chi connectivity index (χ3n) is 2.34. The van der Waals surface area contributed by atoms with Gasteiger partial charge in [-0.2, -0.15) is 0 Å². The molecule has 0 saturated heterocycles. The molecule has 0 aliphatic carbocycles. The van der Waals surface area contributed by atoms with E-state index >= 15 is 0 Å². The molecular weight excluding hydrogens is 218 g/mol. The summed E-state index contributed by atoms with van der Waals surface area (Å²) in [5, 5.41) is 11.5. The summed E-state index contributed by atoms with van der Waals surface area (Å²) in [5.74, 6) is 0. The van der Waals surface area contributed by atoms with Gasteiger partial charge in [0.2, 0.25) is 0 Å². The van der Waals surface area contributed by atoms with Crippen molar-refractivity contribution in [2.24, 2.45) is 0 Å². The number of aliphatic hydroxyl groups excluding tert-OH is 1. The summed E-state index contributed by atoms with van der Waals surface area (Å²) >= 11 is 0. The Morgan fingerprint density at radius 3 is 2.71 bits per heavy atom. The van der Waals surface area contributed by atoms with Crippen molar-refractivity contribution in [3.8, 4) is 0 Å². The van der Waals surface area contributed by atoms with Gasteiger partial charge in [0, 0.05) is 24.7 Å². The minimum Gasteiger partial charge on any atom is -0.396 e. The molecule has 1 aromatic carbocycles. The van der Waals surface area contributed by atoms with Crippen molar-refractivity contribution >= 4 is 11.7 Å². The Hall–Kier alpha value is -2.14. The maximum atomic E-state index is 11.7. The lowest BCUT2D eigenvalue weighted by Crippen LogP contribution is -2.17. The van der Waals surface area contributed by atoms with Crippen LogP contribution in [0.1, 0.15) is 5.56 Å². The van der Waals surface area contributed by atoms with Crippen molar-refractivity contribution in [3.05, 3.63) is 48.5 Å². The van der Waals surface area contributed by atoms with Gasteiger partial charge in [-0.3, -0.25) is 4.57 Å². The van der Waals surface area contributed by atoms with Crippen LogP contribution in [0.5, 0.6) is 0 Å². The van der Waals surface area contributed by atoms with Gasteiger partial charge in [-0.05, 0) is 24.1 Å². The standard InChI is InChI=1S/C12H13N3O2/c16-8-5-10-1-3-11(4-2-10)14-12(17)15-7-6-13-9-15/h1-4,6-7,9,16H,5,8H2,(H,14,17). The summed E-state index contributed by atoms with van der Waals surface area (Å²) in [4.78, 5) is 15.5. The van der Waals surface area contributed by atoms with Crippen LogP contribution in [0.3, 0.4) is 0 Å². The van der Waals surface area contributed by atoms with E-state index in [1.807, 2.05) is 12.1 Å². The van der Waals surface area contributed by atoms with Gasteiger partial charge in [0.15, 0.2) is 0 Å². The van der Waals surface area contributed by atoms with Crippen LogP contribution in [0.2, 0.25) is 0 Å². The second-order valence-electron chi connectivity index (χ2n) is 3.57. The van der Waals surface area contributed by atoms with E-state index in [9.17, 15) is 4.79 Å². The fraction of sp³-hybridized carbons (Fsp3) is 0.167. The first-order valence-electron chi connectivity index (χ1n) is 5.29. The van der Waals surface area contributed by atoms with Crippen molar-refractivity contribution in [3.63, 3.8) is 0 Å². The number of benzene rings is 1. The molecule has 0 fully saturated rings. The van der Waals surface area contributed by atoms with Crippen LogP contribution < -0.4 is 5.32 Å². The topological polar surface area (TPSA) is 67.2 Å². The van der Waals surface area contributed by atoms with Crippen LogP contribution in [0.25, 0.3) is 0 Å². The van der Waals surface area contributed by atoms with E-state index < -0.39 is 0 Å². The first-order chi connectivity index (χ1) is 8.29. The van der Waals surface area contributed by atoms with E-state index in [0.29, 0.717) is 12.1 Å². The fourth-order valence-corrected chi connectivity index (χ4v) is 1.45. The minimum atomic E-state index is -0.252. The van der Waals surface area contributed by atoms with E-state index in [2.05, 4.69) is 10.3 Å². The van der Waals surface area contributed by atoms with Gasteiger partial charge >= 0.3 is 6.03 Å². The van der Waals surface area contributed by atoms with Crippen LogP contribution in [-0.2, 0) is 6.42 Å². The molecule has 17 heavy (non-hydrogen) atoms. The molecule has 0 bridgehead atoms. The molecule has 2 aromatic rings. The molecule has 0 atom stereocenters. The highest BCUT2D eigenvalue weighted by atomic mass is 16.3. The number of anilines is 1. The number of imidazole rings is 1. The van der Waals surface area contributed by atoms with E-state index in [1.165, 1.54) is 10.9 Å². The van der Waals surface area contributed by atoms with Crippen LogP contribution in [0, 0.1) is 0 Å². The number of aromatic nitrogens is 2. The van der Waals surface area contributed by atoms with Gasteiger partial charge < -0.3 is 10.4 Å². The number of carbonyl (C=O) groups excluding carboxylic acids is 1. The predicted octanol–water partition coefficient (Wildman–Crippen LogP) is 1.50. The maximum absolute atomic E-state index is 11.7. The van der Waals surface area contributed by atoms with Gasteiger partial charge in [-0.1, -0.05) is 12.1 Å². The number of amides is 1. The van der Waals surface area contributed by atoms with E-state index in [1.54, 1.807) is 24.5 Å². The number of hydrogen-bond acceptors (Lipinski definition) is 3. The van der Waals surface area contributed by atoms with Gasteiger partial charge in [0.1, 0.15) is 6.33 Å². The molecule has 0 radical (unpaired) electrons. The smallest absolute Gasteiger partial charge is 0.331 e. The van der Waals surface area contributed by atoms with Gasteiger partial charge in [0.05, 0.1) is 0 Å². The van der Waals surface area contributed by atoms with Crippen molar-refractivity contribution < 1.29 is 9.90 Å². The molecule has 1 heterocycles. The Morgan fingerprint density at radius 2 is 2.12 bits per heavy atom. The van der Waals surface area contributed by atoms with Gasteiger partial charge in [-0.15, -0.1) is 0 Å². The average Bonchev–Trinajstić information content (AvgIpc) is 2.86. The average molecular weight is 231 g/mol. The first-order valence-corrected chi connectivity index (χ1v) is 5.29. The highest BCUT2D eigenvalue weighted by molar-refractivity contribution is 5.90. The lowest BCUT2D eigenvalue weighted by atomic mass is 10.1. The molecule has 88 valence electrons. The molecule has 0 unspecified atom stereocenters. The first kappa shape index (κ1) is 11.3. The molecular formula is C12H13N3O2. The number of nitrogens with zero attached hydrogens (tertiary/aromatic N) is 2. The lowest BCUT2D eigenvalue weighted by Gasteiger charge is -2.06. The Kier molecular flexibility index (Phi) is 3.52. The van der Waals surface area contributed by atoms with Gasteiger partial charge in [-0.25, -0.2) is 9.78 Å². The number of nitrogens with one attached hydrogen (secondary N) is 1. The SMILES string of the molecule is O=C(Nc1ccc(CCO)cc1)n1ccnc1. The summed E-state index contributed by atoms with van der Waals surface area (Å²) in [6.45, 7) is 0.126. The Balaban J connectivity index is 2.01. The fourth-order valence-electron chi connectivity index (χ4n) is 1.45. The number of carbonyl (C=O) groups is 1. The second kappa shape index (κ2) is 5.27. The maximum Gasteiger partial charge on any atom is 0.331 e. The molecule has 0 aliphatic heterocycles. The quantitative estimate of drug-likeness (QED) is 0.841. The Labute approximate surface area is 98.7 Å². The normalized spacial score (nSPS) is 10.2. The summed E-state index contributed by atoms with van der Waals surface area (Å²) in [7, 11) is 0. The highest BCUT2D eigenvalue weighted by Gasteiger charge is 2.03. The summed E-state index contributed by atoms with van der Waals surface area (Å²) in [5.41, 5.74) is 1.75. The molecule has 0 spiro atoms. The van der Waals surface area contributed by atoms with Crippen LogP contribution in [0.15, 0.2) is 43.0 Å². The minimum absolute atomic E-state index is 0.126. The van der Waals surface area contributed by atoms with Crippen LogP contribution in [0.4, 0.5) is 10.5 Å². The van der Waals surface area contributed by atoms with Gasteiger partial charge in [0.25, 0.3) is 0 Å². The largest absolute Gasteiger partial charge is 0.396 e. The summed E-state index contributed by atoms with van der Waals surface area (Å²) in [6, 6.07) is 7.11. The summed E-state index contributed by atoms with van der Waals surface area (Å²) in [6.07, 6.45) is 5.19. The molecule has 1 amide bonds. The van der Waals surface area contributed by atoms with Crippen molar-refractivity contribution in [2.75, 3.05) is 11.9 Å². The number of rotatable bonds is 3. The van der Waals surface area contributed by atoms with Crippen molar-refractivity contribution in [2.45, 2.75) is 6.42 Å². The third-order valence-corrected chi connectivity index (χ3v) is 2.34. The Morgan fingerprint density at radius 1 is 1.35 bits per heavy atom. The molecule has 2 N–H and O–H groups in total. The molecule has 5 heteroatoms. The molecule has 1 aromatic heterocycles. The molecule has 5 nitrogen and oxygen atoms in total. The Bertz CT molecular complexity index is 477. The molecule has 0 saturated carbocycles. The van der Waals surface area contributed by atoms with E-state index in [-0.39, 0.29) is 12.6 Å². The highest BCUT2D eigenvalue weighted by Crippen LogP contribution is 2.10. The predicted molar refractivity (Wildman–Crippen MR) is 63.9 cm³/mol. The summed E-state index contributed by atoms with van der Waals surface area (Å²) < 4.78 is 1.36. The van der Waals surface area contributed by atoms with Crippen molar-refractivity contribution in [1.29, 1.82) is 0 Å². The zero-order valence-corrected chi connectivity index (χ0v) is 9.21. The number of hydrogen-bond donors (Lipinski definition) is 2. The zero-order chi connectivity index (χ0) is 12.1. The third kappa shape index (κ3) is 2.92. The van der Waals surface area contributed by atoms with Crippen molar-refractivity contribution in [1.82, 2.24) is 9.55 Å². The van der Waals surface area contributed by atoms with Crippen LogP contribution >= 0.6 is 0 Å². The van der Waals surface area contributed by atoms with E-state index in [4.69, 9.17) is 5.11 Å². The lowest BCUT2D eigenvalue weighted by molar-refractivity contribution is 0.253.